The predicted octanol–water partition coefficient (Wildman–Crippen LogP) is 5.95. The van der Waals surface area contributed by atoms with Crippen molar-refractivity contribution in [3.05, 3.63) is 72.1 Å². The number of carboxylic acid groups (broad SMARTS) is 1. The van der Waals surface area contributed by atoms with Crippen molar-refractivity contribution in [1.29, 1.82) is 5.26 Å². The van der Waals surface area contributed by atoms with Gasteiger partial charge in [0.05, 0.1) is 42.9 Å². The molecule has 3 heterocycles. The fraction of sp³-hybridized carbons (Fsp3) is 0.457. The minimum Gasteiger partial charge on any atom is -0.497 e. The predicted molar refractivity (Wildman–Crippen MR) is 171 cm³/mol. The molecular formula is C35H41N5O5. The summed E-state index contributed by atoms with van der Waals surface area (Å²) < 4.78 is 11.7. The van der Waals surface area contributed by atoms with Crippen LogP contribution in [-0.4, -0.2) is 60.3 Å². The number of pyridine rings is 2. The van der Waals surface area contributed by atoms with Crippen LogP contribution in [-0.2, 0) is 4.79 Å². The zero-order valence-electron chi connectivity index (χ0n) is 26.2. The summed E-state index contributed by atoms with van der Waals surface area (Å²) in [7, 11) is 1.61. The molecule has 2 fully saturated rings. The minimum atomic E-state index is -0.783. The molecule has 3 aromatic rings. The van der Waals surface area contributed by atoms with E-state index in [2.05, 4.69) is 20.9 Å². The first-order valence-electron chi connectivity index (χ1n) is 15.5. The summed E-state index contributed by atoms with van der Waals surface area (Å²) in [5.74, 6) is 1.39. The number of aromatic nitrogens is 2. The van der Waals surface area contributed by atoms with Gasteiger partial charge in [0, 0.05) is 44.2 Å². The number of nitriles is 1. The normalized spacial score (nSPS) is 16.0. The number of hydrogen-bond acceptors (Lipinski definition) is 8. The van der Waals surface area contributed by atoms with Gasteiger partial charge in [0.2, 0.25) is 5.88 Å². The van der Waals surface area contributed by atoms with Crippen LogP contribution < -0.4 is 19.3 Å². The van der Waals surface area contributed by atoms with E-state index in [1.54, 1.807) is 48.7 Å². The number of rotatable bonds is 13. The molecule has 1 N–H and O–H groups in total. The van der Waals surface area contributed by atoms with Crippen LogP contribution in [0.3, 0.4) is 0 Å². The third-order valence-electron chi connectivity index (χ3n) is 8.66. The summed E-state index contributed by atoms with van der Waals surface area (Å²) in [6, 6.07) is 17.0. The summed E-state index contributed by atoms with van der Waals surface area (Å²) in [6.07, 6.45) is 7.32. The van der Waals surface area contributed by atoms with Crippen molar-refractivity contribution >= 4 is 23.4 Å². The Morgan fingerprint density at radius 1 is 1.09 bits per heavy atom. The van der Waals surface area contributed by atoms with Crippen molar-refractivity contribution in [2.24, 2.45) is 17.3 Å². The molecule has 1 atom stereocenters. The highest BCUT2D eigenvalue weighted by Crippen LogP contribution is 2.45. The van der Waals surface area contributed by atoms with Gasteiger partial charge in [0.25, 0.3) is 5.91 Å². The van der Waals surface area contributed by atoms with Gasteiger partial charge in [-0.25, -0.2) is 9.97 Å². The lowest BCUT2D eigenvalue weighted by atomic mass is 9.92. The highest BCUT2D eigenvalue weighted by atomic mass is 16.5. The highest BCUT2D eigenvalue weighted by Gasteiger charge is 2.34. The number of amides is 1. The summed E-state index contributed by atoms with van der Waals surface area (Å²) >= 11 is 0. The van der Waals surface area contributed by atoms with Crippen LogP contribution >= 0.6 is 0 Å². The molecule has 1 saturated heterocycles. The molecule has 10 nitrogen and oxygen atoms in total. The Morgan fingerprint density at radius 2 is 1.87 bits per heavy atom. The van der Waals surface area contributed by atoms with Gasteiger partial charge in [-0.1, -0.05) is 6.07 Å². The van der Waals surface area contributed by atoms with E-state index in [0.29, 0.717) is 41.5 Å². The van der Waals surface area contributed by atoms with Crippen molar-refractivity contribution in [1.82, 2.24) is 9.97 Å². The van der Waals surface area contributed by atoms with E-state index in [9.17, 15) is 20.0 Å². The quantitative estimate of drug-likeness (QED) is 0.249. The molecule has 1 saturated carbocycles. The standard InChI is InChI=1S/C35H41N5O5/c1-35(2,22-36)23-40(31-6-4-5-14-37-31)34(43)28-10-9-27(44-3)19-30(28)39-16-12-24(13-17-39)21-45-32-18-26(11-15-38-32)29(20-33(41)42)25-7-8-25/h4-6,9-11,14-15,18-19,24-25,29H,7-8,12-13,16-17,20-21,23H2,1-3H3,(H,41,42). The zero-order valence-corrected chi connectivity index (χ0v) is 26.2. The number of benzene rings is 1. The molecule has 1 aliphatic heterocycles. The molecule has 1 unspecified atom stereocenters. The van der Waals surface area contributed by atoms with Crippen LogP contribution in [0.4, 0.5) is 11.5 Å². The van der Waals surface area contributed by atoms with Gasteiger partial charge in [-0.2, -0.15) is 5.26 Å². The fourth-order valence-electron chi connectivity index (χ4n) is 5.95. The lowest BCUT2D eigenvalue weighted by Crippen LogP contribution is -2.41. The Morgan fingerprint density at radius 3 is 2.51 bits per heavy atom. The smallest absolute Gasteiger partial charge is 0.303 e. The number of aliphatic carboxylic acids is 1. The first-order chi connectivity index (χ1) is 21.7. The Balaban J connectivity index is 1.27. The Bertz CT molecular complexity index is 1530. The number of methoxy groups -OCH3 is 1. The van der Waals surface area contributed by atoms with Gasteiger partial charge >= 0.3 is 5.97 Å². The minimum absolute atomic E-state index is 0.00423. The molecule has 0 spiro atoms. The molecule has 236 valence electrons. The molecule has 2 aliphatic rings. The van der Waals surface area contributed by atoms with Crippen LogP contribution in [0.15, 0.2) is 60.9 Å². The van der Waals surface area contributed by atoms with Crippen LogP contribution in [0.2, 0.25) is 0 Å². The molecule has 1 amide bonds. The van der Waals surface area contributed by atoms with Crippen molar-refractivity contribution in [3.63, 3.8) is 0 Å². The van der Waals surface area contributed by atoms with Crippen LogP contribution in [0, 0.1) is 28.6 Å². The second-order valence-electron chi connectivity index (χ2n) is 12.7. The lowest BCUT2D eigenvalue weighted by Gasteiger charge is -2.35. The van der Waals surface area contributed by atoms with Gasteiger partial charge in [0.15, 0.2) is 0 Å². The van der Waals surface area contributed by atoms with E-state index >= 15 is 0 Å². The number of nitrogens with zero attached hydrogens (tertiary/aromatic N) is 5. The van der Waals surface area contributed by atoms with Crippen molar-refractivity contribution in [3.8, 4) is 17.7 Å². The van der Waals surface area contributed by atoms with E-state index in [-0.39, 0.29) is 24.8 Å². The highest BCUT2D eigenvalue weighted by molar-refractivity contribution is 6.09. The molecule has 45 heavy (non-hydrogen) atoms. The third kappa shape index (κ3) is 8.09. The Kier molecular flexibility index (Phi) is 9.87. The first kappa shape index (κ1) is 31.8. The molecular weight excluding hydrogens is 570 g/mol. The maximum absolute atomic E-state index is 14.2. The van der Waals surface area contributed by atoms with Crippen LogP contribution in [0.5, 0.6) is 11.6 Å². The third-order valence-corrected chi connectivity index (χ3v) is 8.66. The summed E-state index contributed by atoms with van der Waals surface area (Å²) in [5, 5.41) is 19.1. The fourth-order valence-corrected chi connectivity index (χ4v) is 5.95. The molecule has 2 aromatic heterocycles. The van der Waals surface area contributed by atoms with Gasteiger partial charge in [0.1, 0.15) is 11.6 Å². The van der Waals surface area contributed by atoms with E-state index in [1.165, 1.54) is 0 Å². The number of carbonyl (C=O) groups is 2. The Labute approximate surface area is 264 Å². The van der Waals surface area contributed by atoms with Gasteiger partial charge < -0.3 is 19.5 Å². The van der Waals surface area contributed by atoms with Crippen molar-refractivity contribution in [2.75, 3.05) is 43.2 Å². The van der Waals surface area contributed by atoms with E-state index < -0.39 is 11.4 Å². The maximum atomic E-state index is 14.2. The number of anilines is 2. The second-order valence-corrected chi connectivity index (χ2v) is 12.7. The van der Waals surface area contributed by atoms with Gasteiger partial charge in [-0.05, 0) is 93.2 Å². The molecule has 10 heteroatoms. The molecule has 0 radical (unpaired) electrons. The number of ether oxygens (including phenoxy) is 2. The summed E-state index contributed by atoms with van der Waals surface area (Å²) in [6.45, 7) is 5.78. The Hall–Kier alpha value is -4.65. The van der Waals surface area contributed by atoms with E-state index in [1.807, 2.05) is 38.1 Å². The second kappa shape index (κ2) is 14.0. The monoisotopic (exact) mass is 611 g/mol. The number of piperidine rings is 1. The van der Waals surface area contributed by atoms with E-state index in [0.717, 1.165) is 50.0 Å². The van der Waals surface area contributed by atoms with Gasteiger partial charge in [-0.15, -0.1) is 0 Å². The average molecular weight is 612 g/mol. The molecule has 0 bridgehead atoms. The first-order valence-corrected chi connectivity index (χ1v) is 15.5. The lowest BCUT2D eigenvalue weighted by molar-refractivity contribution is -0.137. The number of carbonyl (C=O) groups excluding carboxylic acids is 1. The van der Waals surface area contributed by atoms with Crippen molar-refractivity contribution in [2.45, 2.75) is 51.9 Å². The van der Waals surface area contributed by atoms with Crippen LogP contribution in [0.1, 0.15) is 67.8 Å². The average Bonchev–Trinajstić information content (AvgIpc) is 3.91. The maximum Gasteiger partial charge on any atom is 0.303 e. The molecule has 1 aromatic carbocycles. The zero-order chi connectivity index (χ0) is 32.0. The van der Waals surface area contributed by atoms with E-state index in [4.69, 9.17) is 9.47 Å². The summed E-state index contributed by atoms with van der Waals surface area (Å²) in [4.78, 5) is 38.2. The topological polar surface area (TPSA) is 129 Å². The summed E-state index contributed by atoms with van der Waals surface area (Å²) in [5.41, 5.74) is 1.51. The molecule has 5 rings (SSSR count). The van der Waals surface area contributed by atoms with Gasteiger partial charge in [-0.3, -0.25) is 14.5 Å². The SMILES string of the molecule is COc1ccc(C(=O)N(CC(C)(C)C#N)c2ccccn2)c(N2CCC(COc3cc(C(CC(=O)O)C4CC4)ccn3)CC2)c1. The largest absolute Gasteiger partial charge is 0.497 e. The van der Waals surface area contributed by atoms with Crippen LogP contribution in [0.25, 0.3) is 0 Å². The van der Waals surface area contributed by atoms with Crippen molar-refractivity contribution < 1.29 is 24.2 Å². The number of hydrogen-bond donors (Lipinski definition) is 1. The molecule has 1 aliphatic carbocycles. The number of carboxylic acids is 1.